The first kappa shape index (κ1) is 18.2. The van der Waals surface area contributed by atoms with Gasteiger partial charge in [0.1, 0.15) is 11.2 Å². The second-order valence-electron chi connectivity index (χ2n) is 8.58. The lowest BCUT2D eigenvalue weighted by Crippen LogP contribution is -1.82. The Morgan fingerprint density at radius 2 is 0.939 bits per heavy atom. The number of hydrogen-bond acceptors (Lipinski definition) is 1. The molecular weight excluding hydrogens is 400 g/mol. The topological polar surface area (TPSA) is 13.1 Å². The van der Waals surface area contributed by atoms with Crippen LogP contribution in [0, 0.1) is 0 Å². The van der Waals surface area contributed by atoms with Gasteiger partial charge in [-0.1, -0.05) is 97.1 Å². The average Bonchev–Trinajstić information content (AvgIpc) is 3.25. The van der Waals surface area contributed by atoms with Gasteiger partial charge in [-0.05, 0) is 68.1 Å². The van der Waals surface area contributed by atoms with E-state index in [-0.39, 0.29) is 0 Å². The summed E-state index contributed by atoms with van der Waals surface area (Å²) in [6, 6.07) is 43.2. The van der Waals surface area contributed by atoms with Gasteiger partial charge in [0.2, 0.25) is 0 Å². The molecule has 154 valence electrons. The van der Waals surface area contributed by atoms with E-state index in [0.717, 1.165) is 21.9 Å². The number of fused-ring (bicyclic) bond motifs is 5. The first-order chi connectivity index (χ1) is 16.3. The number of hydrogen-bond donors (Lipinski definition) is 0. The Morgan fingerprint density at radius 1 is 0.364 bits per heavy atom. The Labute approximate surface area is 191 Å². The van der Waals surface area contributed by atoms with Crippen LogP contribution >= 0.6 is 0 Å². The second-order valence-corrected chi connectivity index (χ2v) is 8.58. The molecule has 1 aromatic heterocycles. The average molecular weight is 421 g/mol. The second kappa shape index (κ2) is 7.08. The molecule has 0 bridgehead atoms. The van der Waals surface area contributed by atoms with E-state index in [1.807, 2.05) is 0 Å². The summed E-state index contributed by atoms with van der Waals surface area (Å²) in [7, 11) is 0. The van der Waals surface area contributed by atoms with Gasteiger partial charge in [-0.25, -0.2) is 0 Å². The molecule has 33 heavy (non-hydrogen) atoms. The lowest BCUT2D eigenvalue weighted by molar-refractivity contribution is 0.669. The third kappa shape index (κ3) is 2.86. The Hall–Kier alpha value is -4.36. The van der Waals surface area contributed by atoms with Crippen LogP contribution in [0.2, 0.25) is 0 Å². The summed E-state index contributed by atoms with van der Waals surface area (Å²) < 4.78 is 6.31. The Bertz CT molecular complexity index is 1810. The summed E-state index contributed by atoms with van der Waals surface area (Å²) in [5.41, 5.74) is 6.70. The van der Waals surface area contributed by atoms with Crippen molar-refractivity contribution in [2.75, 3.05) is 0 Å². The predicted molar refractivity (Wildman–Crippen MR) is 140 cm³/mol. The van der Waals surface area contributed by atoms with Gasteiger partial charge in [0.15, 0.2) is 0 Å². The van der Waals surface area contributed by atoms with E-state index >= 15 is 0 Å². The van der Waals surface area contributed by atoms with Crippen LogP contribution in [0.15, 0.2) is 126 Å². The van der Waals surface area contributed by atoms with Crippen LogP contribution in [0.5, 0.6) is 0 Å². The highest BCUT2D eigenvalue weighted by atomic mass is 16.3. The van der Waals surface area contributed by atoms with Crippen molar-refractivity contribution in [2.24, 2.45) is 0 Å². The molecule has 0 amide bonds. The molecule has 7 rings (SSSR count). The Balaban J connectivity index is 1.41. The van der Waals surface area contributed by atoms with Gasteiger partial charge in [-0.2, -0.15) is 0 Å². The molecule has 0 spiro atoms. The molecule has 7 aromatic rings. The fraction of sp³-hybridized carbons (Fsp3) is 0. The molecule has 1 heteroatoms. The lowest BCUT2D eigenvalue weighted by atomic mass is 9.96. The van der Waals surface area contributed by atoms with Crippen LogP contribution in [0.1, 0.15) is 0 Å². The smallest absolute Gasteiger partial charge is 0.136 e. The minimum Gasteiger partial charge on any atom is -0.456 e. The summed E-state index contributed by atoms with van der Waals surface area (Å²) in [5.74, 6) is 0. The molecule has 0 aliphatic carbocycles. The molecule has 0 radical (unpaired) electrons. The fourth-order valence-electron chi connectivity index (χ4n) is 5.07. The van der Waals surface area contributed by atoms with Gasteiger partial charge in [0.05, 0.1) is 0 Å². The van der Waals surface area contributed by atoms with Crippen LogP contribution in [0.4, 0.5) is 0 Å². The first-order valence-corrected chi connectivity index (χ1v) is 11.3. The molecule has 0 saturated heterocycles. The van der Waals surface area contributed by atoms with Crippen molar-refractivity contribution in [3.05, 3.63) is 121 Å². The van der Waals surface area contributed by atoms with Crippen molar-refractivity contribution >= 4 is 43.5 Å². The van der Waals surface area contributed by atoms with Crippen molar-refractivity contribution in [1.82, 2.24) is 0 Å². The quantitative estimate of drug-likeness (QED) is 0.272. The molecular formula is C32H20O. The number of furan rings is 1. The highest BCUT2D eigenvalue weighted by Crippen LogP contribution is 2.37. The predicted octanol–water partition coefficient (Wildman–Crippen LogP) is 9.23. The van der Waals surface area contributed by atoms with Gasteiger partial charge in [0, 0.05) is 10.8 Å². The van der Waals surface area contributed by atoms with Crippen LogP contribution in [0.3, 0.4) is 0 Å². The summed E-state index contributed by atoms with van der Waals surface area (Å²) in [6.45, 7) is 0. The largest absolute Gasteiger partial charge is 0.456 e. The summed E-state index contributed by atoms with van der Waals surface area (Å²) >= 11 is 0. The first-order valence-electron chi connectivity index (χ1n) is 11.3. The highest BCUT2D eigenvalue weighted by molar-refractivity contribution is 6.09. The fourth-order valence-corrected chi connectivity index (χ4v) is 5.07. The lowest BCUT2D eigenvalue weighted by Gasteiger charge is -2.07. The zero-order valence-electron chi connectivity index (χ0n) is 18.0. The molecule has 0 atom stereocenters. The summed E-state index contributed by atoms with van der Waals surface area (Å²) in [4.78, 5) is 0. The van der Waals surface area contributed by atoms with Gasteiger partial charge >= 0.3 is 0 Å². The van der Waals surface area contributed by atoms with E-state index < -0.39 is 0 Å². The molecule has 0 fully saturated rings. The molecule has 0 saturated carbocycles. The maximum Gasteiger partial charge on any atom is 0.136 e. The number of rotatable bonds is 2. The Kier molecular flexibility index (Phi) is 3.91. The third-order valence-electron chi connectivity index (χ3n) is 6.67. The molecule has 1 nitrogen and oxygen atoms in total. The van der Waals surface area contributed by atoms with Crippen LogP contribution in [-0.2, 0) is 0 Å². The molecule has 0 unspecified atom stereocenters. The van der Waals surface area contributed by atoms with E-state index in [1.54, 1.807) is 0 Å². The van der Waals surface area contributed by atoms with Gasteiger partial charge in [-0.3, -0.25) is 0 Å². The number of benzene rings is 6. The SMILES string of the molecule is c1ccc2c(-c3ccc4c(c3)oc3ccc(-c5cccc6ccccc56)cc34)cccc2c1. The highest BCUT2D eigenvalue weighted by Gasteiger charge is 2.12. The summed E-state index contributed by atoms with van der Waals surface area (Å²) in [5, 5.41) is 7.33. The van der Waals surface area contributed by atoms with Crippen molar-refractivity contribution < 1.29 is 4.42 Å². The van der Waals surface area contributed by atoms with Gasteiger partial charge in [0.25, 0.3) is 0 Å². The summed E-state index contributed by atoms with van der Waals surface area (Å²) in [6.07, 6.45) is 0. The zero-order chi connectivity index (χ0) is 21.8. The van der Waals surface area contributed by atoms with E-state index in [4.69, 9.17) is 4.42 Å². The molecule has 0 aliphatic heterocycles. The van der Waals surface area contributed by atoms with Crippen LogP contribution in [-0.4, -0.2) is 0 Å². The minimum absolute atomic E-state index is 0.920. The maximum atomic E-state index is 6.31. The van der Waals surface area contributed by atoms with Crippen molar-refractivity contribution in [2.45, 2.75) is 0 Å². The van der Waals surface area contributed by atoms with Crippen molar-refractivity contribution in [3.63, 3.8) is 0 Å². The molecule has 0 N–H and O–H groups in total. The molecule has 1 heterocycles. The van der Waals surface area contributed by atoms with E-state index in [0.29, 0.717) is 0 Å². The van der Waals surface area contributed by atoms with Gasteiger partial charge < -0.3 is 4.42 Å². The van der Waals surface area contributed by atoms with Crippen LogP contribution in [0.25, 0.3) is 65.7 Å². The zero-order valence-corrected chi connectivity index (χ0v) is 18.0. The normalized spacial score (nSPS) is 11.6. The van der Waals surface area contributed by atoms with E-state index in [1.165, 1.54) is 43.8 Å². The monoisotopic (exact) mass is 420 g/mol. The Morgan fingerprint density at radius 3 is 1.64 bits per heavy atom. The minimum atomic E-state index is 0.920. The van der Waals surface area contributed by atoms with E-state index in [2.05, 4.69) is 121 Å². The molecule has 6 aromatic carbocycles. The maximum absolute atomic E-state index is 6.31. The van der Waals surface area contributed by atoms with Crippen molar-refractivity contribution in [1.29, 1.82) is 0 Å². The van der Waals surface area contributed by atoms with Crippen molar-refractivity contribution in [3.8, 4) is 22.3 Å². The van der Waals surface area contributed by atoms with Crippen LogP contribution < -0.4 is 0 Å². The molecule has 0 aliphatic rings. The van der Waals surface area contributed by atoms with Gasteiger partial charge in [-0.15, -0.1) is 0 Å². The van der Waals surface area contributed by atoms with E-state index in [9.17, 15) is 0 Å². The third-order valence-corrected chi connectivity index (χ3v) is 6.67. The standard InChI is InChI=1S/C32H20O/c1-3-11-25-21(7-1)9-5-13-27(25)23-16-18-31-30(19-23)29-17-15-24(20-32(29)33-31)28-14-6-10-22-8-2-4-12-26(22)28/h1-20H.